The van der Waals surface area contributed by atoms with Crippen LogP contribution < -0.4 is 20.7 Å². The van der Waals surface area contributed by atoms with Gasteiger partial charge in [0.1, 0.15) is 11.5 Å². The maximum absolute atomic E-state index is 12.1. The van der Waals surface area contributed by atoms with Gasteiger partial charge >= 0.3 is 0 Å². The van der Waals surface area contributed by atoms with Crippen molar-refractivity contribution in [3.05, 3.63) is 72.6 Å². The fourth-order valence-electron chi connectivity index (χ4n) is 2.33. The average Bonchev–Trinajstić information content (AvgIpc) is 3.40. The molecule has 29 heavy (non-hydrogen) atoms. The topological polar surface area (TPSA) is 106 Å². The van der Waals surface area contributed by atoms with E-state index in [9.17, 15) is 9.59 Å². The minimum atomic E-state index is -0.430. The van der Waals surface area contributed by atoms with Crippen molar-refractivity contribution in [1.29, 1.82) is 0 Å². The highest BCUT2D eigenvalue weighted by Crippen LogP contribution is 2.28. The lowest BCUT2D eigenvalue weighted by molar-refractivity contribution is -0.115. The van der Waals surface area contributed by atoms with E-state index in [0.717, 1.165) is 0 Å². The summed E-state index contributed by atoms with van der Waals surface area (Å²) in [6, 6.07) is 11.6. The van der Waals surface area contributed by atoms with Crippen LogP contribution >= 0.6 is 12.2 Å². The number of benzene rings is 1. The van der Waals surface area contributed by atoms with Gasteiger partial charge in [0.2, 0.25) is 5.91 Å². The van der Waals surface area contributed by atoms with Crippen LogP contribution in [0.3, 0.4) is 0 Å². The van der Waals surface area contributed by atoms with E-state index in [-0.39, 0.29) is 10.9 Å². The molecule has 9 heteroatoms. The molecular weight excluding hydrogens is 394 g/mol. The zero-order chi connectivity index (χ0) is 20.6. The number of furan rings is 2. The van der Waals surface area contributed by atoms with E-state index in [4.69, 9.17) is 25.8 Å². The summed E-state index contributed by atoms with van der Waals surface area (Å²) in [6.07, 6.45) is 5.73. The summed E-state index contributed by atoms with van der Waals surface area (Å²) in [7, 11) is 1.50. The highest BCUT2D eigenvalue weighted by atomic mass is 32.1. The number of amides is 2. The van der Waals surface area contributed by atoms with E-state index in [0.29, 0.717) is 22.9 Å². The van der Waals surface area contributed by atoms with Crippen molar-refractivity contribution in [3.8, 4) is 5.75 Å². The molecule has 0 radical (unpaired) electrons. The van der Waals surface area contributed by atoms with E-state index in [1.807, 2.05) is 0 Å². The first kappa shape index (κ1) is 19.9. The van der Waals surface area contributed by atoms with Crippen molar-refractivity contribution in [2.75, 3.05) is 17.7 Å². The molecular formula is C20H17N3O5S. The van der Waals surface area contributed by atoms with E-state index in [1.54, 1.807) is 42.5 Å². The molecule has 0 spiro atoms. The second kappa shape index (κ2) is 9.38. The Morgan fingerprint density at radius 2 is 1.86 bits per heavy atom. The molecule has 0 saturated heterocycles. The molecule has 0 aliphatic heterocycles. The number of hydrogen-bond acceptors (Lipinski definition) is 6. The van der Waals surface area contributed by atoms with Gasteiger partial charge in [0.25, 0.3) is 5.91 Å². The third-order valence-corrected chi connectivity index (χ3v) is 3.83. The summed E-state index contributed by atoms with van der Waals surface area (Å²) >= 11 is 5.17. The van der Waals surface area contributed by atoms with Gasteiger partial charge in [-0.2, -0.15) is 0 Å². The lowest BCUT2D eigenvalue weighted by Crippen LogP contribution is -2.33. The van der Waals surface area contributed by atoms with E-state index in [2.05, 4.69) is 16.0 Å². The van der Waals surface area contributed by atoms with Crippen LogP contribution in [0, 0.1) is 0 Å². The molecule has 2 heterocycles. The van der Waals surface area contributed by atoms with Crippen LogP contribution in [0.15, 0.2) is 69.9 Å². The Balaban J connectivity index is 1.64. The van der Waals surface area contributed by atoms with Gasteiger partial charge in [-0.3, -0.25) is 14.9 Å². The molecule has 0 saturated carbocycles. The minimum Gasteiger partial charge on any atom is -0.495 e. The summed E-state index contributed by atoms with van der Waals surface area (Å²) in [6.45, 7) is 0. The molecule has 0 aliphatic rings. The number of hydrogen-bond donors (Lipinski definition) is 3. The Morgan fingerprint density at radius 3 is 2.55 bits per heavy atom. The zero-order valence-corrected chi connectivity index (χ0v) is 16.1. The molecule has 0 unspecified atom stereocenters. The van der Waals surface area contributed by atoms with Crippen LogP contribution in [0.1, 0.15) is 16.3 Å². The molecule has 1 aromatic carbocycles. The van der Waals surface area contributed by atoms with Crippen molar-refractivity contribution < 1.29 is 23.2 Å². The third kappa shape index (κ3) is 5.56. The van der Waals surface area contributed by atoms with Gasteiger partial charge in [-0.05, 0) is 60.8 Å². The highest BCUT2D eigenvalue weighted by Gasteiger charge is 2.12. The van der Waals surface area contributed by atoms with Gasteiger partial charge < -0.3 is 24.2 Å². The van der Waals surface area contributed by atoms with Crippen molar-refractivity contribution in [1.82, 2.24) is 5.32 Å². The van der Waals surface area contributed by atoms with Gasteiger partial charge in [-0.15, -0.1) is 0 Å². The molecule has 8 nitrogen and oxygen atoms in total. The lowest BCUT2D eigenvalue weighted by Gasteiger charge is -2.14. The number of anilines is 2. The van der Waals surface area contributed by atoms with Gasteiger partial charge in [0.05, 0.1) is 25.3 Å². The molecule has 3 aromatic rings. The van der Waals surface area contributed by atoms with Crippen molar-refractivity contribution in [3.63, 3.8) is 0 Å². The predicted molar refractivity (Wildman–Crippen MR) is 112 cm³/mol. The highest BCUT2D eigenvalue weighted by molar-refractivity contribution is 7.80. The zero-order valence-electron chi connectivity index (χ0n) is 15.3. The van der Waals surface area contributed by atoms with Crippen LogP contribution in [-0.4, -0.2) is 24.0 Å². The number of nitrogens with one attached hydrogen (secondary N) is 3. The molecule has 2 aromatic heterocycles. The predicted octanol–water partition coefficient (Wildman–Crippen LogP) is 3.66. The third-order valence-electron chi connectivity index (χ3n) is 3.63. The number of carbonyl (C=O) groups is 2. The summed E-state index contributed by atoms with van der Waals surface area (Å²) in [5, 5.41) is 8.16. The fourth-order valence-corrected chi connectivity index (χ4v) is 2.55. The van der Waals surface area contributed by atoms with Crippen molar-refractivity contribution >= 4 is 46.6 Å². The number of ether oxygens (including phenoxy) is 1. The molecule has 3 rings (SSSR count). The molecule has 0 aliphatic carbocycles. The van der Waals surface area contributed by atoms with E-state index >= 15 is 0 Å². The SMILES string of the molecule is COc1ccc(NC(=O)c2ccco2)cc1NC(=S)NC(=O)C=Cc1ccco1. The Bertz CT molecular complexity index is 1030. The first-order valence-corrected chi connectivity index (χ1v) is 8.82. The Kier molecular flexibility index (Phi) is 6.43. The van der Waals surface area contributed by atoms with Crippen LogP contribution in [0.25, 0.3) is 6.08 Å². The normalized spacial score (nSPS) is 10.5. The largest absolute Gasteiger partial charge is 0.495 e. The Labute approximate surface area is 171 Å². The molecule has 0 atom stereocenters. The van der Waals surface area contributed by atoms with E-state index in [1.165, 1.54) is 31.8 Å². The Hall–Kier alpha value is -3.85. The molecule has 2 amide bonds. The number of methoxy groups -OCH3 is 1. The van der Waals surface area contributed by atoms with Crippen LogP contribution in [-0.2, 0) is 4.79 Å². The van der Waals surface area contributed by atoms with Crippen molar-refractivity contribution in [2.24, 2.45) is 0 Å². The smallest absolute Gasteiger partial charge is 0.291 e. The second-order valence-electron chi connectivity index (χ2n) is 5.64. The summed E-state index contributed by atoms with van der Waals surface area (Å²) in [4.78, 5) is 24.1. The maximum Gasteiger partial charge on any atom is 0.291 e. The van der Waals surface area contributed by atoms with Crippen LogP contribution in [0.2, 0.25) is 0 Å². The van der Waals surface area contributed by atoms with Gasteiger partial charge in [-0.1, -0.05) is 0 Å². The number of carbonyl (C=O) groups excluding carboxylic acids is 2. The monoisotopic (exact) mass is 411 g/mol. The average molecular weight is 411 g/mol. The molecule has 0 bridgehead atoms. The van der Waals surface area contributed by atoms with Gasteiger partial charge in [0, 0.05) is 11.8 Å². The van der Waals surface area contributed by atoms with Gasteiger partial charge in [-0.25, -0.2) is 0 Å². The number of thiocarbonyl (C=S) groups is 1. The number of rotatable bonds is 6. The molecule has 0 fully saturated rings. The van der Waals surface area contributed by atoms with Gasteiger partial charge in [0.15, 0.2) is 10.9 Å². The maximum atomic E-state index is 12.1. The second-order valence-corrected chi connectivity index (χ2v) is 6.05. The summed E-state index contributed by atoms with van der Waals surface area (Å²) in [5.74, 6) is 0.371. The fraction of sp³-hybridized carbons (Fsp3) is 0.0500. The standard InChI is InChI=1S/C20H17N3O5S/c1-26-16-8-6-13(21-19(25)17-5-3-11-28-17)12-15(16)22-20(29)23-18(24)9-7-14-4-2-10-27-14/h2-12H,1H3,(H,21,25)(H2,22,23,24,29). The summed E-state index contributed by atoms with van der Waals surface area (Å²) in [5.41, 5.74) is 0.951. The first-order valence-electron chi connectivity index (χ1n) is 8.41. The lowest BCUT2D eigenvalue weighted by atomic mass is 10.2. The van der Waals surface area contributed by atoms with E-state index < -0.39 is 11.8 Å². The minimum absolute atomic E-state index is 0.0620. The quantitative estimate of drug-likeness (QED) is 0.420. The van der Waals surface area contributed by atoms with Crippen molar-refractivity contribution in [2.45, 2.75) is 0 Å². The molecule has 148 valence electrons. The van der Waals surface area contributed by atoms with Crippen LogP contribution in [0.5, 0.6) is 5.75 Å². The van der Waals surface area contributed by atoms with Crippen LogP contribution in [0.4, 0.5) is 11.4 Å². The molecule has 3 N–H and O–H groups in total. The first-order chi connectivity index (χ1) is 14.0. The Morgan fingerprint density at radius 1 is 1.07 bits per heavy atom. The summed E-state index contributed by atoms with van der Waals surface area (Å²) < 4.78 is 15.5.